The highest BCUT2D eigenvalue weighted by molar-refractivity contribution is 6.42. The minimum Gasteiger partial charge on any atom is -0.388 e. The lowest BCUT2D eigenvalue weighted by Crippen LogP contribution is -2.20. The van der Waals surface area contributed by atoms with Crippen LogP contribution in [0.1, 0.15) is 28.7 Å². The zero-order valence-electron chi connectivity index (χ0n) is 11.2. The number of halogens is 2. The van der Waals surface area contributed by atoms with E-state index >= 15 is 0 Å². The number of aliphatic hydroxyl groups excluding tert-OH is 1. The molecule has 0 aliphatic rings. The third kappa shape index (κ3) is 3.33. The smallest absolute Gasteiger partial charge is 0.0871 e. The van der Waals surface area contributed by atoms with Gasteiger partial charge in [-0.3, -0.25) is 0 Å². The van der Waals surface area contributed by atoms with Gasteiger partial charge in [0.05, 0.1) is 16.1 Å². The van der Waals surface area contributed by atoms with Gasteiger partial charge >= 0.3 is 0 Å². The van der Waals surface area contributed by atoms with Crippen molar-refractivity contribution in [1.82, 2.24) is 0 Å². The van der Waals surface area contributed by atoms with Gasteiger partial charge in [0, 0.05) is 12.5 Å². The Bertz CT molecular complexity index is 601. The highest BCUT2D eigenvalue weighted by Crippen LogP contribution is 2.33. The Kier molecular flexibility index (Phi) is 5.06. The fourth-order valence-corrected chi connectivity index (χ4v) is 2.58. The Labute approximate surface area is 129 Å². The van der Waals surface area contributed by atoms with Crippen molar-refractivity contribution in [2.75, 3.05) is 6.54 Å². The molecule has 20 heavy (non-hydrogen) atoms. The van der Waals surface area contributed by atoms with Crippen molar-refractivity contribution in [3.05, 3.63) is 69.2 Å². The highest BCUT2D eigenvalue weighted by atomic mass is 35.5. The molecular weight excluding hydrogens is 293 g/mol. The Hall–Kier alpha value is -1.06. The molecule has 0 saturated heterocycles. The lowest BCUT2D eigenvalue weighted by atomic mass is 9.88. The molecule has 0 saturated carbocycles. The first-order chi connectivity index (χ1) is 9.52. The van der Waals surface area contributed by atoms with E-state index in [-0.39, 0.29) is 5.92 Å². The first-order valence-corrected chi connectivity index (χ1v) is 7.18. The first-order valence-electron chi connectivity index (χ1n) is 6.42. The van der Waals surface area contributed by atoms with Crippen LogP contribution in [-0.4, -0.2) is 11.7 Å². The van der Waals surface area contributed by atoms with Crippen LogP contribution in [0.5, 0.6) is 0 Å². The summed E-state index contributed by atoms with van der Waals surface area (Å²) in [5.74, 6) is -0.174. The summed E-state index contributed by atoms with van der Waals surface area (Å²) in [6, 6.07) is 13.2. The van der Waals surface area contributed by atoms with Crippen molar-refractivity contribution in [3.8, 4) is 0 Å². The van der Waals surface area contributed by atoms with Gasteiger partial charge in [-0.15, -0.1) is 0 Å². The second-order valence-electron chi connectivity index (χ2n) is 4.87. The number of hydrogen-bond acceptors (Lipinski definition) is 2. The molecule has 2 unspecified atom stereocenters. The summed E-state index contributed by atoms with van der Waals surface area (Å²) < 4.78 is 0. The minimum atomic E-state index is -0.712. The van der Waals surface area contributed by atoms with Gasteiger partial charge in [0.15, 0.2) is 0 Å². The van der Waals surface area contributed by atoms with Crippen molar-refractivity contribution >= 4 is 23.2 Å². The van der Waals surface area contributed by atoms with Crippen LogP contribution in [-0.2, 0) is 0 Å². The average Bonchev–Trinajstić information content (AvgIpc) is 2.42. The van der Waals surface area contributed by atoms with E-state index in [9.17, 15) is 5.11 Å². The summed E-state index contributed by atoms with van der Waals surface area (Å²) in [6.45, 7) is 2.37. The van der Waals surface area contributed by atoms with Gasteiger partial charge in [-0.2, -0.15) is 0 Å². The number of hydrogen-bond donors (Lipinski definition) is 2. The number of aliphatic hydroxyl groups is 1. The molecule has 0 aliphatic heterocycles. The lowest BCUT2D eigenvalue weighted by Gasteiger charge is -2.23. The third-order valence-electron chi connectivity index (χ3n) is 3.39. The van der Waals surface area contributed by atoms with E-state index in [1.807, 2.05) is 31.2 Å². The number of benzene rings is 2. The number of nitrogens with two attached hydrogens (primary N) is 1. The molecular formula is C16H17Cl2NO. The SMILES string of the molecule is Cc1cccc(C(CN)C(O)c2ccc(Cl)c(Cl)c2)c1. The Morgan fingerprint density at radius 1 is 1.05 bits per heavy atom. The summed E-state index contributed by atoms with van der Waals surface area (Å²) in [5, 5.41) is 11.5. The maximum absolute atomic E-state index is 10.6. The van der Waals surface area contributed by atoms with Crippen molar-refractivity contribution < 1.29 is 5.11 Å². The fourth-order valence-electron chi connectivity index (χ4n) is 2.28. The molecule has 2 atom stereocenters. The minimum absolute atomic E-state index is 0.174. The van der Waals surface area contributed by atoms with Gasteiger partial charge < -0.3 is 10.8 Å². The predicted octanol–water partition coefficient (Wildman–Crippen LogP) is 4.08. The molecule has 0 heterocycles. The molecule has 3 N–H and O–H groups in total. The largest absolute Gasteiger partial charge is 0.388 e. The van der Waals surface area contributed by atoms with E-state index in [4.69, 9.17) is 28.9 Å². The van der Waals surface area contributed by atoms with Crippen LogP contribution < -0.4 is 5.73 Å². The standard InChI is InChI=1S/C16H17Cl2NO/c1-10-3-2-4-11(7-10)13(9-19)16(20)12-5-6-14(17)15(18)8-12/h2-8,13,16,20H,9,19H2,1H3. The number of rotatable bonds is 4. The van der Waals surface area contributed by atoms with Crippen LogP contribution in [0.2, 0.25) is 10.0 Å². The lowest BCUT2D eigenvalue weighted by molar-refractivity contribution is 0.147. The zero-order chi connectivity index (χ0) is 14.7. The second-order valence-corrected chi connectivity index (χ2v) is 5.69. The molecule has 4 heteroatoms. The maximum atomic E-state index is 10.6. The van der Waals surface area contributed by atoms with Crippen molar-refractivity contribution in [2.45, 2.75) is 18.9 Å². The zero-order valence-corrected chi connectivity index (χ0v) is 12.7. The van der Waals surface area contributed by atoms with Gasteiger partial charge in [-0.05, 0) is 30.2 Å². The van der Waals surface area contributed by atoms with Crippen LogP contribution in [0, 0.1) is 6.92 Å². The summed E-state index contributed by atoms with van der Waals surface area (Å²) in [4.78, 5) is 0. The summed E-state index contributed by atoms with van der Waals surface area (Å²) in [7, 11) is 0. The summed E-state index contributed by atoms with van der Waals surface area (Å²) in [5.41, 5.74) is 8.72. The van der Waals surface area contributed by atoms with Crippen LogP contribution in [0.3, 0.4) is 0 Å². The molecule has 0 aromatic heterocycles. The normalized spacial score (nSPS) is 14.1. The van der Waals surface area contributed by atoms with E-state index < -0.39 is 6.10 Å². The molecule has 106 valence electrons. The van der Waals surface area contributed by atoms with E-state index in [0.29, 0.717) is 16.6 Å². The van der Waals surface area contributed by atoms with Gasteiger partial charge in [0.1, 0.15) is 0 Å². The molecule has 0 spiro atoms. The second kappa shape index (κ2) is 6.59. The monoisotopic (exact) mass is 309 g/mol. The van der Waals surface area contributed by atoms with Gasteiger partial charge in [0.25, 0.3) is 0 Å². The van der Waals surface area contributed by atoms with E-state index in [0.717, 1.165) is 16.7 Å². The molecule has 2 aromatic rings. The third-order valence-corrected chi connectivity index (χ3v) is 4.13. The van der Waals surface area contributed by atoms with Crippen molar-refractivity contribution in [2.24, 2.45) is 5.73 Å². The molecule has 0 aliphatic carbocycles. The van der Waals surface area contributed by atoms with E-state index in [1.54, 1.807) is 18.2 Å². The van der Waals surface area contributed by atoms with Gasteiger partial charge in [-0.25, -0.2) is 0 Å². The van der Waals surface area contributed by atoms with Gasteiger partial charge in [0.2, 0.25) is 0 Å². The molecule has 0 fully saturated rings. The van der Waals surface area contributed by atoms with Crippen LogP contribution >= 0.6 is 23.2 Å². The van der Waals surface area contributed by atoms with Crippen molar-refractivity contribution in [3.63, 3.8) is 0 Å². The quantitative estimate of drug-likeness (QED) is 0.894. The Morgan fingerprint density at radius 3 is 2.40 bits per heavy atom. The molecule has 2 aromatic carbocycles. The van der Waals surface area contributed by atoms with Crippen LogP contribution in [0.15, 0.2) is 42.5 Å². The topological polar surface area (TPSA) is 46.2 Å². The summed E-state index contributed by atoms with van der Waals surface area (Å²) in [6.07, 6.45) is -0.712. The predicted molar refractivity (Wildman–Crippen MR) is 84.4 cm³/mol. The van der Waals surface area contributed by atoms with Crippen LogP contribution in [0.4, 0.5) is 0 Å². The van der Waals surface area contributed by atoms with E-state index in [1.165, 1.54) is 0 Å². The summed E-state index contributed by atoms with van der Waals surface area (Å²) >= 11 is 11.9. The maximum Gasteiger partial charge on any atom is 0.0871 e. The first kappa shape index (κ1) is 15.3. The van der Waals surface area contributed by atoms with Gasteiger partial charge in [-0.1, -0.05) is 59.1 Å². The van der Waals surface area contributed by atoms with Crippen molar-refractivity contribution in [1.29, 1.82) is 0 Å². The molecule has 2 nitrogen and oxygen atoms in total. The Morgan fingerprint density at radius 2 is 1.80 bits per heavy atom. The average molecular weight is 310 g/mol. The Balaban J connectivity index is 2.33. The molecule has 0 radical (unpaired) electrons. The van der Waals surface area contributed by atoms with E-state index in [2.05, 4.69) is 0 Å². The molecule has 0 amide bonds. The highest BCUT2D eigenvalue weighted by Gasteiger charge is 2.22. The van der Waals surface area contributed by atoms with Crippen LogP contribution in [0.25, 0.3) is 0 Å². The number of aryl methyl sites for hydroxylation is 1. The molecule has 2 rings (SSSR count). The molecule has 0 bridgehead atoms. The fraction of sp³-hybridized carbons (Fsp3) is 0.250.